The van der Waals surface area contributed by atoms with Gasteiger partial charge >= 0.3 is 24.2 Å². The highest BCUT2D eigenvalue weighted by molar-refractivity contribution is 5.88. The van der Waals surface area contributed by atoms with Gasteiger partial charge in [0.15, 0.2) is 0 Å². The van der Waals surface area contributed by atoms with Crippen molar-refractivity contribution < 1.29 is 43.0 Å². The summed E-state index contributed by atoms with van der Waals surface area (Å²) in [5, 5.41) is 15.7. The number of quaternary nitrogens is 1. The Morgan fingerprint density at radius 1 is 0.975 bits per heavy atom. The molecule has 4 atom stereocenters. The van der Waals surface area contributed by atoms with Gasteiger partial charge in [-0.2, -0.15) is 9.28 Å². The van der Waals surface area contributed by atoms with Gasteiger partial charge in [0.2, 0.25) is 0 Å². The van der Waals surface area contributed by atoms with Crippen LogP contribution < -0.4 is 10.6 Å². The zero-order valence-corrected chi connectivity index (χ0v) is 24.8. The first-order chi connectivity index (χ1) is 18.5. The van der Waals surface area contributed by atoms with E-state index < -0.39 is 52.0 Å². The minimum Gasteiger partial charge on any atom is -0.445 e. The summed E-state index contributed by atoms with van der Waals surface area (Å²) in [4.78, 5) is 52.2. The molecule has 224 valence electrons. The van der Waals surface area contributed by atoms with E-state index in [1.54, 1.807) is 41.5 Å². The van der Waals surface area contributed by atoms with E-state index in [4.69, 9.17) is 14.2 Å². The van der Waals surface area contributed by atoms with Crippen LogP contribution in [0.2, 0.25) is 0 Å². The van der Waals surface area contributed by atoms with E-state index in [0.29, 0.717) is 12.8 Å². The molecule has 1 aromatic rings. The van der Waals surface area contributed by atoms with Crippen molar-refractivity contribution in [3.63, 3.8) is 0 Å². The Balaban J connectivity index is 2.10. The molecule has 40 heavy (non-hydrogen) atoms. The Morgan fingerprint density at radius 2 is 1.60 bits per heavy atom. The first kappa shape index (κ1) is 33.0. The van der Waals surface area contributed by atoms with Crippen LogP contribution in [-0.2, 0) is 25.6 Å². The van der Waals surface area contributed by atoms with Gasteiger partial charge in [-0.15, -0.1) is 0 Å². The molecule has 0 radical (unpaired) electrons. The molecule has 1 heterocycles. The number of amides is 4. The van der Waals surface area contributed by atoms with Gasteiger partial charge in [-0.3, -0.25) is 0 Å². The number of hydrogen-bond acceptors (Lipinski definition) is 8. The van der Waals surface area contributed by atoms with Crippen LogP contribution in [0.4, 0.5) is 14.4 Å². The molecule has 1 saturated heterocycles. The van der Waals surface area contributed by atoms with Gasteiger partial charge in [0.05, 0.1) is 12.6 Å². The molecule has 0 spiro atoms. The molecule has 0 aliphatic carbocycles. The third kappa shape index (κ3) is 10.1. The molecule has 0 aromatic heterocycles. The normalized spacial score (nSPS) is 20.6. The van der Waals surface area contributed by atoms with Gasteiger partial charge in [-0.1, -0.05) is 30.3 Å². The summed E-state index contributed by atoms with van der Waals surface area (Å²) in [6, 6.07) is 7.69. The summed E-state index contributed by atoms with van der Waals surface area (Å²) in [6.07, 6.45) is -1.86. The maximum Gasteiger partial charge on any atom is 0.524 e. The van der Waals surface area contributed by atoms with Gasteiger partial charge < -0.3 is 30.0 Å². The molecule has 1 fully saturated rings. The van der Waals surface area contributed by atoms with E-state index in [2.05, 4.69) is 10.6 Å². The van der Waals surface area contributed by atoms with Gasteiger partial charge in [-0.05, 0) is 66.9 Å². The van der Waals surface area contributed by atoms with E-state index in [-0.39, 0.29) is 38.6 Å². The summed E-state index contributed by atoms with van der Waals surface area (Å²) >= 11 is 0. The molecule has 11 heteroatoms. The predicted molar refractivity (Wildman–Crippen MR) is 148 cm³/mol. The predicted octanol–water partition coefficient (Wildman–Crippen LogP) is 4.41. The van der Waals surface area contributed by atoms with E-state index >= 15 is 0 Å². The third-order valence-corrected chi connectivity index (χ3v) is 6.47. The molecule has 1 aliphatic heterocycles. The summed E-state index contributed by atoms with van der Waals surface area (Å²) in [7, 11) is 0. The number of nitrogens with one attached hydrogen (secondary N) is 2. The number of carbonyl (C=O) groups is 4. The van der Waals surface area contributed by atoms with E-state index in [1.165, 1.54) is 0 Å². The minimum atomic E-state index is -1.14. The highest BCUT2D eigenvalue weighted by Crippen LogP contribution is 2.32. The molecule has 4 amide bonds. The average Bonchev–Trinajstić information content (AvgIpc) is 3.24. The lowest BCUT2D eigenvalue weighted by atomic mass is 10.0. The van der Waals surface area contributed by atoms with Crippen molar-refractivity contribution in [2.75, 3.05) is 13.1 Å². The van der Waals surface area contributed by atoms with Crippen LogP contribution >= 0.6 is 0 Å². The van der Waals surface area contributed by atoms with Crippen LogP contribution in [0.15, 0.2) is 30.3 Å². The number of carbonyl (C=O) groups excluding carboxylic acids is 4. The molecule has 1 aromatic carbocycles. The number of imide groups is 1. The van der Waals surface area contributed by atoms with E-state index in [1.807, 2.05) is 37.3 Å². The Hall–Kier alpha value is -3.18. The SMILES string of the molecule is C[C@@H]1CCC[N+]1(C(=O)OC(C)(C)C)C(=O)C(CCC(O)CNC(=O)OCc1ccccc1)NC(=O)OC(C)(C)C. The first-order valence-corrected chi connectivity index (χ1v) is 13.8. The number of rotatable bonds is 9. The van der Waals surface area contributed by atoms with Crippen molar-refractivity contribution in [1.82, 2.24) is 10.6 Å². The summed E-state index contributed by atoms with van der Waals surface area (Å²) < 4.78 is 15.6. The van der Waals surface area contributed by atoms with Crippen molar-refractivity contribution in [3.05, 3.63) is 35.9 Å². The Labute approximate surface area is 237 Å². The third-order valence-electron chi connectivity index (χ3n) is 6.47. The van der Waals surface area contributed by atoms with Crippen LogP contribution in [0.1, 0.15) is 79.7 Å². The molecule has 0 saturated carbocycles. The fraction of sp³-hybridized carbons (Fsp3) is 0.655. The zero-order valence-electron chi connectivity index (χ0n) is 24.8. The largest absolute Gasteiger partial charge is 0.524 e. The molecule has 1 aliphatic rings. The number of aliphatic hydroxyl groups is 1. The Bertz CT molecular complexity index is 1020. The summed E-state index contributed by atoms with van der Waals surface area (Å²) in [5.41, 5.74) is -0.791. The van der Waals surface area contributed by atoms with Gasteiger partial charge in [0, 0.05) is 19.4 Å². The second kappa shape index (κ2) is 13.9. The van der Waals surface area contributed by atoms with Crippen molar-refractivity contribution in [2.45, 2.75) is 110 Å². The van der Waals surface area contributed by atoms with Crippen LogP contribution in [0.3, 0.4) is 0 Å². The average molecular weight is 565 g/mol. The van der Waals surface area contributed by atoms with Gasteiger partial charge in [0.1, 0.15) is 29.9 Å². The number of ether oxygens (including phenoxy) is 3. The monoisotopic (exact) mass is 564 g/mol. The lowest BCUT2D eigenvalue weighted by molar-refractivity contribution is -0.794. The number of nitrogens with zero attached hydrogens (tertiary/aromatic N) is 1. The maximum absolute atomic E-state index is 14.0. The molecule has 3 N–H and O–H groups in total. The highest BCUT2D eigenvalue weighted by Gasteiger charge is 2.57. The zero-order chi connectivity index (χ0) is 30.1. The van der Waals surface area contributed by atoms with Gasteiger partial charge in [0.25, 0.3) is 0 Å². The molecule has 2 rings (SSSR count). The minimum absolute atomic E-state index is 0.00943. The number of likely N-dealkylation sites (tertiary alicyclic amines) is 1. The standard InChI is InChI=1S/C29H45N3O8/c1-20-12-11-17-32(20,27(37)40-29(5,6)7)24(34)23(31-26(36)39-28(2,3)4)16-15-22(33)18-30-25(35)38-19-21-13-9-8-10-14-21/h8-10,13-14,20,22-23,33H,11-12,15-19H2,1-7H3,(H-,30,31,35,36)/p+1/t20-,22?,23?,32?/m1/s1. The first-order valence-electron chi connectivity index (χ1n) is 13.8. The molecular weight excluding hydrogens is 518 g/mol. The number of alkyl carbamates (subject to hydrolysis) is 2. The Kier molecular flexibility index (Phi) is 11.5. The smallest absolute Gasteiger partial charge is 0.445 e. The van der Waals surface area contributed by atoms with Crippen molar-refractivity contribution in [2.24, 2.45) is 0 Å². The lowest BCUT2D eigenvalue weighted by Gasteiger charge is -2.36. The number of aliphatic hydroxyl groups excluding tert-OH is 1. The second-order valence-corrected chi connectivity index (χ2v) is 12.3. The summed E-state index contributed by atoms with van der Waals surface area (Å²) in [6.45, 7) is 12.3. The van der Waals surface area contributed by atoms with Crippen LogP contribution in [0.5, 0.6) is 0 Å². The van der Waals surface area contributed by atoms with Gasteiger partial charge in [-0.25, -0.2) is 14.4 Å². The quantitative estimate of drug-likeness (QED) is 0.296. The fourth-order valence-electron chi connectivity index (χ4n) is 4.53. The fourth-order valence-corrected chi connectivity index (χ4v) is 4.53. The maximum atomic E-state index is 14.0. The van der Waals surface area contributed by atoms with E-state index in [0.717, 1.165) is 5.56 Å². The second-order valence-electron chi connectivity index (χ2n) is 12.3. The molecular formula is C29H46N3O8+. The molecule has 0 bridgehead atoms. The molecule has 3 unspecified atom stereocenters. The van der Waals surface area contributed by atoms with Crippen LogP contribution in [0.25, 0.3) is 0 Å². The van der Waals surface area contributed by atoms with Crippen molar-refractivity contribution in [3.8, 4) is 0 Å². The van der Waals surface area contributed by atoms with Crippen molar-refractivity contribution in [1.29, 1.82) is 0 Å². The van der Waals surface area contributed by atoms with Crippen LogP contribution in [0, 0.1) is 0 Å². The molecule has 11 nitrogen and oxygen atoms in total. The van der Waals surface area contributed by atoms with E-state index in [9.17, 15) is 24.3 Å². The lowest BCUT2D eigenvalue weighted by Crippen LogP contribution is -2.65. The number of hydrogen-bond donors (Lipinski definition) is 3. The summed E-state index contributed by atoms with van der Waals surface area (Å²) in [5.74, 6) is -0.521. The van der Waals surface area contributed by atoms with Crippen molar-refractivity contribution >= 4 is 24.2 Å². The number of benzene rings is 1. The highest BCUT2D eigenvalue weighted by atomic mass is 16.6. The topological polar surface area (TPSA) is 140 Å². The van der Waals surface area contributed by atoms with Crippen LogP contribution in [-0.4, -0.2) is 76.3 Å². The Morgan fingerprint density at radius 3 is 2.15 bits per heavy atom.